The highest BCUT2D eigenvalue weighted by Crippen LogP contribution is 2.12. The summed E-state index contributed by atoms with van der Waals surface area (Å²) < 4.78 is 41.1. The van der Waals surface area contributed by atoms with E-state index in [0.29, 0.717) is 13.2 Å². The van der Waals surface area contributed by atoms with E-state index in [2.05, 4.69) is 27.9 Å². The molecule has 0 aromatic rings. The van der Waals surface area contributed by atoms with Crippen LogP contribution in [0.1, 0.15) is 64.7 Å². The average molecular weight is 382 g/mol. The third kappa shape index (κ3) is 16.7. The van der Waals surface area contributed by atoms with Gasteiger partial charge in [0.05, 0.1) is 32.5 Å². The van der Waals surface area contributed by atoms with E-state index in [0.717, 1.165) is 12.8 Å². The van der Waals surface area contributed by atoms with E-state index < -0.39 is 10.4 Å². The average Bonchev–Trinajstić information content (AvgIpc) is 2.60. The Labute approximate surface area is 153 Å². The summed E-state index contributed by atoms with van der Waals surface area (Å²) in [6, 6.07) is 0. The highest BCUT2D eigenvalue weighted by Gasteiger charge is 2.12. The minimum absolute atomic E-state index is 0.0925. The van der Waals surface area contributed by atoms with Gasteiger partial charge in [-0.2, -0.15) is 18.6 Å². The number of hydrogen-bond acceptors (Lipinski definition) is 7. The molecule has 1 atom stereocenters. The highest BCUT2D eigenvalue weighted by molar-refractivity contribution is 7.81. The molecular weight excluding hydrogens is 346 g/mol. The number of nitrogens with two attached hydrogens (primary N) is 1. The van der Waals surface area contributed by atoms with Crippen molar-refractivity contribution in [3.05, 3.63) is 12.7 Å². The summed E-state index contributed by atoms with van der Waals surface area (Å²) >= 11 is 0. The third-order valence-electron chi connectivity index (χ3n) is 3.70. The quantitative estimate of drug-likeness (QED) is 0.208. The second kappa shape index (κ2) is 16.9. The molecule has 1 unspecified atom stereocenters. The maximum Gasteiger partial charge on any atom is 0.415 e. The number of hydrogen-bond donors (Lipinski definition) is 1. The van der Waals surface area contributed by atoms with Crippen LogP contribution in [0.3, 0.4) is 0 Å². The van der Waals surface area contributed by atoms with Crippen molar-refractivity contribution in [1.82, 2.24) is 0 Å². The topological polar surface area (TPSA) is 97.1 Å². The Hall–Kier alpha value is -0.510. The summed E-state index contributed by atoms with van der Waals surface area (Å²) in [4.78, 5) is 0. The number of rotatable bonds is 19. The molecule has 0 aromatic heterocycles. The molecule has 25 heavy (non-hydrogen) atoms. The first kappa shape index (κ1) is 24.5. The summed E-state index contributed by atoms with van der Waals surface area (Å²) in [6.45, 7) is 6.72. The predicted molar refractivity (Wildman–Crippen MR) is 98.1 cm³/mol. The van der Waals surface area contributed by atoms with Gasteiger partial charge in [0.2, 0.25) is 0 Å². The van der Waals surface area contributed by atoms with Gasteiger partial charge in [0.1, 0.15) is 0 Å². The van der Waals surface area contributed by atoms with E-state index in [1.54, 1.807) is 6.08 Å². The molecule has 0 fully saturated rings. The third-order valence-corrected chi connectivity index (χ3v) is 4.39. The Kier molecular flexibility index (Phi) is 16.6. The summed E-state index contributed by atoms with van der Waals surface area (Å²) in [5.74, 6) is 4.58. The lowest BCUT2D eigenvalue weighted by Crippen LogP contribution is -2.24. The molecule has 0 aliphatic carbocycles. The molecule has 7 nitrogen and oxygen atoms in total. The van der Waals surface area contributed by atoms with Crippen molar-refractivity contribution in [3.8, 4) is 0 Å². The lowest BCUT2D eigenvalue weighted by Gasteiger charge is -2.17. The Morgan fingerprint density at radius 3 is 2.28 bits per heavy atom. The molecule has 0 aliphatic heterocycles. The Morgan fingerprint density at radius 2 is 1.68 bits per heavy atom. The Morgan fingerprint density at radius 1 is 1.04 bits per heavy atom. The lowest BCUT2D eigenvalue weighted by molar-refractivity contribution is -0.0250. The molecule has 2 N–H and O–H groups in total. The second-order valence-electron chi connectivity index (χ2n) is 5.91. The van der Waals surface area contributed by atoms with Crippen LogP contribution in [0.4, 0.5) is 0 Å². The van der Waals surface area contributed by atoms with Gasteiger partial charge in [-0.3, -0.25) is 0 Å². The van der Waals surface area contributed by atoms with Gasteiger partial charge in [0, 0.05) is 0 Å². The SMILES string of the molecule is C=CCOCC(CCCCCCCCCC)OCCOS(=O)(=O)ON. The van der Waals surface area contributed by atoms with Crippen molar-refractivity contribution in [2.24, 2.45) is 5.90 Å². The minimum Gasteiger partial charge on any atom is -0.375 e. The Balaban J connectivity index is 3.86. The molecular formula is C17H35NO6S. The maximum atomic E-state index is 10.9. The summed E-state index contributed by atoms with van der Waals surface area (Å²) in [5.41, 5.74) is 0. The van der Waals surface area contributed by atoms with Crippen LogP contribution in [0, 0.1) is 0 Å². The van der Waals surface area contributed by atoms with Crippen LogP contribution < -0.4 is 5.90 Å². The van der Waals surface area contributed by atoms with Crippen LogP contribution in [0.5, 0.6) is 0 Å². The normalized spacial score (nSPS) is 13.0. The molecule has 0 bridgehead atoms. The van der Waals surface area contributed by atoms with Gasteiger partial charge in [0.15, 0.2) is 0 Å². The Bertz CT molecular complexity index is 402. The van der Waals surface area contributed by atoms with E-state index in [1.165, 1.54) is 44.9 Å². The molecule has 0 aromatic carbocycles. The lowest BCUT2D eigenvalue weighted by atomic mass is 10.1. The van der Waals surface area contributed by atoms with Gasteiger partial charge < -0.3 is 9.47 Å². The van der Waals surface area contributed by atoms with Crippen LogP contribution in [-0.2, 0) is 28.3 Å². The molecule has 0 saturated heterocycles. The first-order chi connectivity index (χ1) is 12.1. The largest absolute Gasteiger partial charge is 0.415 e. The molecule has 0 saturated carbocycles. The van der Waals surface area contributed by atoms with Crippen molar-refractivity contribution in [3.63, 3.8) is 0 Å². The fourth-order valence-electron chi connectivity index (χ4n) is 2.38. The molecule has 0 rings (SSSR count). The summed E-state index contributed by atoms with van der Waals surface area (Å²) in [7, 11) is -4.12. The zero-order valence-corrected chi connectivity index (χ0v) is 16.3. The summed E-state index contributed by atoms with van der Waals surface area (Å²) in [5, 5.41) is 0. The van der Waals surface area contributed by atoms with E-state index in [-0.39, 0.29) is 19.3 Å². The molecule has 0 radical (unpaired) electrons. The zero-order valence-electron chi connectivity index (χ0n) is 15.5. The smallest absolute Gasteiger partial charge is 0.375 e. The van der Waals surface area contributed by atoms with Crippen molar-refractivity contribution >= 4 is 10.4 Å². The standard InChI is InChI=1S/C17H35NO6S/c1-3-5-6-7-8-9-10-11-12-17(16-21-13-4-2)22-14-15-23-25(19,20)24-18/h4,17H,2-3,5-16,18H2,1H3. The van der Waals surface area contributed by atoms with Gasteiger partial charge in [0.25, 0.3) is 0 Å². The second-order valence-corrected chi connectivity index (χ2v) is 7.15. The molecule has 0 spiro atoms. The van der Waals surface area contributed by atoms with Crippen molar-refractivity contribution in [2.75, 3.05) is 26.4 Å². The molecule has 0 amide bonds. The van der Waals surface area contributed by atoms with Crippen molar-refractivity contribution in [2.45, 2.75) is 70.8 Å². The first-order valence-electron chi connectivity index (χ1n) is 9.13. The zero-order chi connectivity index (χ0) is 18.8. The van der Waals surface area contributed by atoms with E-state index >= 15 is 0 Å². The van der Waals surface area contributed by atoms with Crippen LogP contribution >= 0.6 is 0 Å². The van der Waals surface area contributed by atoms with E-state index in [4.69, 9.17) is 9.47 Å². The molecule has 150 valence electrons. The van der Waals surface area contributed by atoms with E-state index in [9.17, 15) is 8.42 Å². The fourth-order valence-corrected chi connectivity index (χ4v) is 2.71. The van der Waals surface area contributed by atoms with Gasteiger partial charge in [-0.1, -0.05) is 64.4 Å². The molecule has 0 heterocycles. The van der Waals surface area contributed by atoms with Gasteiger partial charge in [-0.15, -0.1) is 6.58 Å². The first-order valence-corrected chi connectivity index (χ1v) is 10.5. The fraction of sp³-hybridized carbons (Fsp3) is 0.882. The van der Waals surface area contributed by atoms with Crippen LogP contribution in [0.15, 0.2) is 12.7 Å². The maximum absolute atomic E-state index is 10.9. The van der Waals surface area contributed by atoms with Gasteiger partial charge >= 0.3 is 10.4 Å². The summed E-state index contributed by atoms with van der Waals surface area (Å²) in [6.07, 6.45) is 12.4. The predicted octanol–water partition coefficient (Wildman–Crippen LogP) is 3.26. The van der Waals surface area contributed by atoms with E-state index in [1.807, 2.05) is 0 Å². The monoisotopic (exact) mass is 381 g/mol. The molecule has 8 heteroatoms. The van der Waals surface area contributed by atoms with Crippen molar-refractivity contribution < 1.29 is 26.4 Å². The van der Waals surface area contributed by atoms with Crippen molar-refractivity contribution in [1.29, 1.82) is 0 Å². The number of ether oxygens (including phenoxy) is 2. The number of unbranched alkanes of at least 4 members (excludes halogenated alkanes) is 7. The minimum atomic E-state index is -4.12. The van der Waals surface area contributed by atoms with Gasteiger partial charge in [-0.05, 0) is 6.42 Å². The molecule has 0 aliphatic rings. The van der Waals surface area contributed by atoms with Crippen LogP contribution in [0.2, 0.25) is 0 Å². The van der Waals surface area contributed by atoms with Crippen LogP contribution in [-0.4, -0.2) is 40.9 Å². The highest BCUT2D eigenvalue weighted by atomic mass is 32.3. The van der Waals surface area contributed by atoms with Gasteiger partial charge in [-0.25, -0.2) is 4.18 Å². The van der Waals surface area contributed by atoms with Crippen LogP contribution in [0.25, 0.3) is 0 Å².